The van der Waals surface area contributed by atoms with Crippen LogP contribution in [0.1, 0.15) is 5.56 Å². The Morgan fingerprint density at radius 1 is 0.967 bits per heavy atom. The van der Waals surface area contributed by atoms with E-state index in [0.717, 1.165) is 32.2 Å². The molecular formula is C22H18N6OS. The van der Waals surface area contributed by atoms with Crippen LogP contribution in [0, 0.1) is 6.92 Å². The van der Waals surface area contributed by atoms with E-state index in [1.807, 2.05) is 47.1 Å². The first-order chi connectivity index (χ1) is 14.7. The molecule has 0 radical (unpaired) electrons. The molecule has 0 atom stereocenters. The number of ether oxygens (including phenoxy) is 1. The summed E-state index contributed by atoms with van der Waals surface area (Å²) in [6, 6.07) is 17.8. The third-order valence-electron chi connectivity index (χ3n) is 4.68. The topological polar surface area (TPSA) is 77.8 Å². The monoisotopic (exact) mass is 414 g/mol. The van der Waals surface area contributed by atoms with Crippen molar-refractivity contribution in [1.29, 1.82) is 0 Å². The first-order valence-electron chi connectivity index (χ1n) is 9.36. The van der Waals surface area contributed by atoms with Crippen molar-refractivity contribution >= 4 is 26.7 Å². The van der Waals surface area contributed by atoms with Crippen LogP contribution in [-0.4, -0.2) is 32.0 Å². The molecule has 0 bridgehead atoms. The largest absolute Gasteiger partial charge is 0.497 e. The van der Waals surface area contributed by atoms with E-state index in [4.69, 9.17) is 9.72 Å². The number of hydrogen-bond acceptors (Lipinski definition) is 7. The second kappa shape index (κ2) is 7.57. The molecule has 148 valence electrons. The van der Waals surface area contributed by atoms with E-state index in [9.17, 15) is 0 Å². The molecule has 0 aliphatic rings. The van der Waals surface area contributed by atoms with Crippen molar-refractivity contribution in [1.82, 2.24) is 24.8 Å². The lowest BCUT2D eigenvalue weighted by molar-refractivity contribution is 0.415. The van der Waals surface area contributed by atoms with E-state index in [2.05, 4.69) is 39.7 Å². The minimum Gasteiger partial charge on any atom is -0.497 e. The predicted molar refractivity (Wildman–Crippen MR) is 119 cm³/mol. The molecule has 2 aromatic carbocycles. The van der Waals surface area contributed by atoms with Crippen LogP contribution in [0.15, 0.2) is 67.0 Å². The normalized spacial score (nSPS) is 11.0. The number of anilines is 1. The van der Waals surface area contributed by atoms with Crippen LogP contribution >= 0.6 is 11.3 Å². The second-order valence-corrected chi connectivity index (χ2v) is 7.79. The number of hydrogen-bond donors (Lipinski definition) is 1. The SMILES string of the molecule is COc1ccc(-c2nnc(-c3cccnc3)n2Nc2nc3ccc(C)cc3s2)cc1. The van der Waals surface area contributed by atoms with Crippen molar-refractivity contribution in [3.63, 3.8) is 0 Å². The minimum absolute atomic E-state index is 0.657. The Bertz CT molecular complexity index is 1310. The van der Waals surface area contributed by atoms with E-state index >= 15 is 0 Å². The van der Waals surface area contributed by atoms with Crippen molar-refractivity contribution in [2.45, 2.75) is 6.92 Å². The van der Waals surface area contributed by atoms with Crippen LogP contribution in [-0.2, 0) is 0 Å². The van der Waals surface area contributed by atoms with Gasteiger partial charge in [-0.3, -0.25) is 10.4 Å². The van der Waals surface area contributed by atoms with Crippen LogP contribution < -0.4 is 10.2 Å². The Morgan fingerprint density at radius 3 is 2.50 bits per heavy atom. The van der Waals surface area contributed by atoms with Crippen molar-refractivity contribution < 1.29 is 4.74 Å². The molecule has 0 amide bonds. The average Bonchev–Trinajstić information content (AvgIpc) is 3.38. The summed E-state index contributed by atoms with van der Waals surface area (Å²) in [6.45, 7) is 2.08. The number of fused-ring (bicyclic) bond motifs is 1. The Balaban J connectivity index is 1.62. The molecule has 0 aliphatic carbocycles. The van der Waals surface area contributed by atoms with Gasteiger partial charge in [-0.05, 0) is 61.0 Å². The van der Waals surface area contributed by atoms with Gasteiger partial charge in [-0.1, -0.05) is 17.4 Å². The molecule has 8 heteroatoms. The average molecular weight is 414 g/mol. The summed E-state index contributed by atoms with van der Waals surface area (Å²) < 4.78 is 8.25. The van der Waals surface area contributed by atoms with Gasteiger partial charge >= 0.3 is 0 Å². The quantitative estimate of drug-likeness (QED) is 0.445. The maximum absolute atomic E-state index is 5.27. The zero-order chi connectivity index (χ0) is 20.5. The Kier molecular flexibility index (Phi) is 4.61. The van der Waals surface area contributed by atoms with E-state index in [-0.39, 0.29) is 0 Å². The van der Waals surface area contributed by atoms with Crippen LogP contribution in [0.25, 0.3) is 33.0 Å². The highest BCUT2D eigenvalue weighted by Crippen LogP contribution is 2.30. The minimum atomic E-state index is 0.657. The summed E-state index contributed by atoms with van der Waals surface area (Å²) in [6.07, 6.45) is 3.50. The summed E-state index contributed by atoms with van der Waals surface area (Å²) in [7, 11) is 1.65. The fourth-order valence-electron chi connectivity index (χ4n) is 3.17. The number of nitrogens with zero attached hydrogens (tertiary/aromatic N) is 5. The van der Waals surface area contributed by atoms with Gasteiger partial charge in [0.05, 0.1) is 17.3 Å². The van der Waals surface area contributed by atoms with Gasteiger partial charge in [-0.15, -0.1) is 10.2 Å². The van der Waals surface area contributed by atoms with Gasteiger partial charge in [-0.2, -0.15) is 0 Å². The highest BCUT2D eigenvalue weighted by Gasteiger charge is 2.17. The molecule has 0 aliphatic heterocycles. The third-order valence-corrected chi connectivity index (χ3v) is 5.61. The lowest BCUT2D eigenvalue weighted by atomic mass is 10.2. The summed E-state index contributed by atoms with van der Waals surface area (Å²) in [5, 5.41) is 9.63. The van der Waals surface area contributed by atoms with E-state index in [1.54, 1.807) is 30.8 Å². The lowest BCUT2D eigenvalue weighted by Gasteiger charge is -2.11. The molecule has 5 rings (SSSR count). The molecular weight excluding hydrogens is 396 g/mol. The van der Waals surface area contributed by atoms with Gasteiger partial charge < -0.3 is 4.74 Å². The fourth-order valence-corrected chi connectivity index (χ4v) is 4.13. The highest BCUT2D eigenvalue weighted by molar-refractivity contribution is 7.22. The molecule has 0 saturated carbocycles. The molecule has 0 unspecified atom stereocenters. The maximum atomic E-state index is 5.27. The number of rotatable bonds is 5. The molecule has 1 N–H and O–H groups in total. The third kappa shape index (κ3) is 3.37. The Labute approximate surface area is 177 Å². The number of nitrogens with one attached hydrogen (secondary N) is 1. The predicted octanol–water partition coefficient (Wildman–Crippen LogP) is 4.81. The first kappa shape index (κ1) is 18.3. The molecule has 0 fully saturated rings. The van der Waals surface area contributed by atoms with Crippen molar-refractivity contribution in [2.75, 3.05) is 12.5 Å². The van der Waals surface area contributed by atoms with Gasteiger partial charge in [-0.25, -0.2) is 9.66 Å². The Morgan fingerprint density at radius 2 is 1.77 bits per heavy atom. The number of benzene rings is 2. The van der Waals surface area contributed by atoms with Crippen LogP contribution in [0.3, 0.4) is 0 Å². The number of pyridine rings is 1. The van der Waals surface area contributed by atoms with Gasteiger partial charge in [0.1, 0.15) is 5.75 Å². The highest BCUT2D eigenvalue weighted by atomic mass is 32.1. The zero-order valence-electron chi connectivity index (χ0n) is 16.4. The van der Waals surface area contributed by atoms with Crippen LogP contribution in [0.2, 0.25) is 0 Å². The summed E-state index contributed by atoms with van der Waals surface area (Å²) in [5.74, 6) is 2.11. The fraction of sp³-hybridized carbons (Fsp3) is 0.0909. The van der Waals surface area contributed by atoms with Crippen molar-refractivity contribution in [2.24, 2.45) is 0 Å². The van der Waals surface area contributed by atoms with Gasteiger partial charge in [0.25, 0.3) is 0 Å². The summed E-state index contributed by atoms with van der Waals surface area (Å²) >= 11 is 1.59. The van der Waals surface area contributed by atoms with Gasteiger partial charge in [0.2, 0.25) is 5.13 Å². The second-order valence-electron chi connectivity index (χ2n) is 6.75. The van der Waals surface area contributed by atoms with E-state index in [1.165, 1.54) is 5.56 Å². The van der Waals surface area contributed by atoms with Gasteiger partial charge in [0.15, 0.2) is 11.6 Å². The number of aromatic nitrogens is 5. The standard InChI is InChI=1S/C22H18N6OS/c1-14-5-10-18-19(12-14)30-22(24-18)27-28-20(15-6-8-17(29-2)9-7-15)25-26-21(28)16-4-3-11-23-13-16/h3-13H,1-2H3,(H,24,27). The molecule has 5 aromatic rings. The maximum Gasteiger partial charge on any atom is 0.203 e. The summed E-state index contributed by atoms with van der Waals surface area (Å²) in [4.78, 5) is 8.94. The van der Waals surface area contributed by atoms with Gasteiger partial charge in [0, 0.05) is 23.5 Å². The zero-order valence-corrected chi connectivity index (χ0v) is 17.2. The number of methoxy groups -OCH3 is 1. The first-order valence-corrected chi connectivity index (χ1v) is 10.2. The number of thiazole rings is 1. The van der Waals surface area contributed by atoms with Crippen molar-refractivity contribution in [3.8, 4) is 28.5 Å². The molecule has 0 saturated heterocycles. The molecule has 30 heavy (non-hydrogen) atoms. The smallest absolute Gasteiger partial charge is 0.203 e. The van der Waals surface area contributed by atoms with Crippen LogP contribution in [0.5, 0.6) is 5.75 Å². The molecule has 3 aromatic heterocycles. The molecule has 3 heterocycles. The van der Waals surface area contributed by atoms with E-state index < -0.39 is 0 Å². The number of aryl methyl sites for hydroxylation is 1. The lowest BCUT2D eigenvalue weighted by Crippen LogP contribution is -2.12. The van der Waals surface area contributed by atoms with E-state index in [0.29, 0.717) is 11.6 Å². The molecule has 0 spiro atoms. The Hall–Kier alpha value is -3.78. The van der Waals surface area contributed by atoms with Crippen LogP contribution in [0.4, 0.5) is 5.13 Å². The van der Waals surface area contributed by atoms with Crippen molar-refractivity contribution in [3.05, 3.63) is 72.6 Å². The molecule has 7 nitrogen and oxygen atoms in total. The summed E-state index contributed by atoms with van der Waals surface area (Å²) in [5.41, 5.74) is 7.32.